The summed E-state index contributed by atoms with van der Waals surface area (Å²) in [4.78, 5) is 23.3. The number of carbonyl (C=O) groups is 2. The Labute approximate surface area is 150 Å². The van der Waals surface area contributed by atoms with E-state index in [1.165, 1.54) is 26.4 Å². The highest BCUT2D eigenvalue weighted by Crippen LogP contribution is 2.22. The van der Waals surface area contributed by atoms with Crippen LogP contribution in [0.4, 0.5) is 0 Å². The van der Waals surface area contributed by atoms with E-state index in [1.54, 1.807) is 48.5 Å². The highest BCUT2D eigenvalue weighted by Gasteiger charge is 2.20. The summed E-state index contributed by atoms with van der Waals surface area (Å²) in [5.41, 5.74) is 0.451. The molecule has 0 aliphatic rings. The van der Waals surface area contributed by atoms with E-state index in [9.17, 15) is 19.8 Å². The van der Waals surface area contributed by atoms with Crippen LogP contribution in [0.15, 0.2) is 59.7 Å². The minimum atomic E-state index is -1.33. The lowest BCUT2D eigenvalue weighted by molar-refractivity contribution is -0.136. The van der Waals surface area contributed by atoms with Gasteiger partial charge >= 0.3 is 11.9 Å². The van der Waals surface area contributed by atoms with Crippen LogP contribution in [0.1, 0.15) is 11.1 Å². The maximum absolute atomic E-state index is 11.6. The highest BCUT2D eigenvalue weighted by molar-refractivity contribution is 6.11. The number of benzene rings is 2. The second kappa shape index (κ2) is 8.53. The molecule has 2 rings (SSSR count). The van der Waals surface area contributed by atoms with Crippen LogP contribution in [0.2, 0.25) is 0 Å². The van der Waals surface area contributed by atoms with E-state index in [0.29, 0.717) is 22.6 Å². The van der Waals surface area contributed by atoms with Crippen molar-refractivity contribution in [1.29, 1.82) is 0 Å². The van der Waals surface area contributed by atoms with Crippen molar-refractivity contribution >= 4 is 24.1 Å². The molecule has 0 fully saturated rings. The average molecular weight is 354 g/mol. The fourth-order valence-electron chi connectivity index (χ4n) is 2.24. The third-order valence-electron chi connectivity index (χ3n) is 3.60. The summed E-state index contributed by atoms with van der Waals surface area (Å²) in [5.74, 6) is -1.43. The molecule has 0 heterocycles. The number of hydrogen-bond acceptors (Lipinski definition) is 4. The molecule has 0 saturated carbocycles. The number of hydrogen-bond donors (Lipinski definition) is 2. The summed E-state index contributed by atoms with van der Waals surface area (Å²) >= 11 is 0. The normalized spacial score (nSPS) is 11.8. The Hall–Kier alpha value is -3.54. The zero-order valence-electron chi connectivity index (χ0n) is 14.3. The van der Waals surface area contributed by atoms with Gasteiger partial charge in [0.05, 0.1) is 25.4 Å². The van der Waals surface area contributed by atoms with E-state index in [4.69, 9.17) is 9.47 Å². The molecule has 0 aliphatic heterocycles. The van der Waals surface area contributed by atoms with Gasteiger partial charge < -0.3 is 19.7 Å². The maximum atomic E-state index is 11.6. The molecular formula is C20H18O6. The lowest BCUT2D eigenvalue weighted by Crippen LogP contribution is -2.11. The molecule has 0 saturated heterocycles. The molecule has 0 atom stereocenters. The van der Waals surface area contributed by atoms with Crippen LogP contribution in [-0.4, -0.2) is 36.4 Å². The van der Waals surface area contributed by atoms with Crippen molar-refractivity contribution < 1.29 is 29.3 Å². The first-order chi connectivity index (χ1) is 12.4. The first-order valence-electron chi connectivity index (χ1n) is 7.63. The quantitative estimate of drug-likeness (QED) is 0.585. The number of methoxy groups -OCH3 is 2. The molecule has 0 spiro atoms. The zero-order chi connectivity index (χ0) is 19.1. The number of rotatable bonds is 7. The van der Waals surface area contributed by atoms with Crippen LogP contribution in [0.5, 0.6) is 11.5 Å². The second-order valence-electron chi connectivity index (χ2n) is 5.27. The number of aliphatic carboxylic acids is 2. The van der Waals surface area contributed by atoms with Gasteiger partial charge in [0, 0.05) is 0 Å². The summed E-state index contributed by atoms with van der Waals surface area (Å²) in [6.45, 7) is 0. The van der Waals surface area contributed by atoms with E-state index < -0.39 is 11.9 Å². The Morgan fingerprint density at radius 3 is 1.23 bits per heavy atom. The largest absolute Gasteiger partial charge is 0.497 e. The number of carboxylic acids is 2. The predicted molar refractivity (Wildman–Crippen MR) is 97.2 cm³/mol. The number of ether oxygens (including phenoxy) is 2. The van der Waals surface area contributed by atoms with Gasteiger partial charge in [-0.15, -0.1) is 0 Å². The van der Waals surface area contributed by atoms with Crippen molar-refractivity contribution in [3.8, 4) is 11.5 Å². The van der Waals surface area contributed by atoms with Crippen molar-refractivity contribution in [3.63, 3.8) is 0 Å². The molecule has 0 radical (unpaired) electrons. The Bertz CT molecular complexity index is 771. The molecule has 0 aliphatic carbocycles. The van der Waals surface area contributed by atoms with Gasteiger partial charge in [-0.1, -0.05) is 24.3 Å². The zero-order valence-corrected chi connectivity index (χ0v) is 14.3. The summed E-state index contributed by atoms with van der Waals surface area (Å²) < 4.78 is 10.1. The minimum Gasteiger partial charge on any atom is -0.497 e. The van der Waals surface area contributed by atoms with Crippen LogP contribution in [0, 0.1) is 0 Å². The number of carboxylic acid groups (broad SMARTS) is 2. The van der Waals surface area contributed by atoms with Gasteiger partial charge in [0.2, 0.25) is 0 Å². The van der Waals surface area contributed by atoms with Gasteiger partial charge in [-0.3, -0.25) is 0 Å². The molecular weight excluding hydrogens is 336 g/mol. The Kier molecular flexibility index (Phi) is 6.16. The molecule has 2 aromatic rings. The van der Waals surface area contributed by atoms with Crippen LogP contribution in [-0.2, 0) is 9.59 Å². The summed E-state index contributed by atoms with van der Waals surface area (Å²) in [6, 6.07) is 13.3. The molecule has 0 bridgehead atoms. The molecule has 2 N–H and O–H groups in total. The molecule has 2 aromatic carbocycles. The fourth-order valence-corrected chi connectivity index (χ4v) is 2.24. The molecule has 134 valence electrons. The topological polar surface area (TPSA) is 93.1 Å². The standard InChI is InChI=1S/C20H18O6/c1-25-15-7-3-13(4-8-15)11-17(19(21)22)18(20(23)24)12-14-5-9-16(26-2)10-6-14/h3-12H,1-2H3,(H,21,22)(H,23,24)/b17-11-,18-12+. The third kappa shape index (κ3) is 4.73. The maximum Gasteiger partial charge on any atom is 0.336 e. The van der Waals surface area contributed by atoms with Gasteiger partial charge in [0.1, 0.15) is 11.5 Å². The Morgan fingerprint density at radius 1 is 0.692 bits per heavy atom. The SMILES string of the molecule is COc1ccc(/C=C(C(=O)O)/C(=C\c2ccc(OC)cc2)C(=O)O)cc1. The van der Waals surface area contributed by atoms with E-state index >= 15 is 0 Å². The third-order valence-corrected chi connectivity index (χ3v) is 3.60. The van der Waals surface area contributed by atoms with Crippen LogP contribution < -0.4 is 9.47 Å². The van der Waals surface area contributed by atoms with Gasteiger partial charge in [0.25, 0.3) is 0 Å². The molecule has 26 heavy (non-hydrogen) atoms. The van der Waals surface area contributed by atoms with Crippen molar-refractivity contribution in [1.82, 2.24) is 0 Å². The fraction of sp³-hybridized carbons (Fsp3) is 0.100. The van der Waals surface area contributed by atoms with Gasteiger partial charge in [-0.2, -0.15) is 0 Å². The minimum absolute atomic E-state index is 0.321. The molecule has 6 heteroatoms. The van der Waals surface area contributed by atoms with E-state index in [0.717, 1.165) is 0 Å². The molecule has 6 nitrogen and oxygen atoms in total. The van der Waals surface area contributed by atoms with Gasteiger partial charge in [-0.05, 0) is 47.5 Å². The van der Waals surface area contributed by atoms with E-state index in [2.05, 4.69) is 0 Å². The molecule has 0 unspecified atom stereocenters. The first-order valence-corrected chi connectivity index (χ1v) is 7.63. The summed E-state index contributed by atoms with van der Waals surface area (Å²) in [6.07, 6.45) is 2.62. The van der Waals surface area contributed by atoms with Crippen LogP contribution in [0.3, 0.4) is 0 Å². The molecule has 0 aromatic heterocycles. The van der Waals surface area contributed by atoms with Crippen molar-refractivity contribution in [3.05, 3.63) is 70.8 Å². The smallest absolute Gasteiger partial charge is 0.336 e. The lowest BCUT2D eigenvalue weighted by atomic mass is 10.00. The summed E-state index contributed by atoms with van der Waals surface area (Å²) in [5, 5.41) is 19.0. The van der Waals surface area contributed by atoms with Gasteiger partial charge in [-0.25, -0.2) is 9.59 Å². The van der Waals surface area contributed by atoms with Crippen molar-refractivity contribution in [2.24, 2.45) is 0 Å². The van der Waals surface area contributed by atoms with E-state index in [-0.39, 0.29) is 11.1 Å². The van der Waals surface area contributed by atoms with E-state index in [1.807, 2.05) is 0 Å². The van der Waals surface area contributed by atoms with Crippen molar-refractivity contribution in [2.75, 3.05) is 14.2 Å². The lowest BCUT2D eigenvalue weighted by Gasteiger charge is -2.06. The predicted octanol–water partition coefficient (Wildman–Crippen LogP) is 3.34. The summed E-state index contributed by atoms with van der Waals surface area (Å²) in [7, 11) is 3.04. The Morgan fingerprint density at radius 2 is 1.00 bits per heavy atom. The van der Waals surface area contributed by atoms with Gasteiger partial charge in [0.15, 0.2) is 0 Å². The average Bonchev–Trinajstić information content (AvgIpc) is 2.65. The van der Waals surface area contributed by atoms with Crippen molar-refractivity contribution in [2.45, 2.75) is 0 Å². The Balaban J connectivity index is 2.47. The second-order valence-corrected chi connectivity index (χ2v) is 5.27. The van der Waals surface area contributed by atoms with Crippen LogP contribution in [0.25, 0.3) is 12.2 Å². The first kappa shape index (κ1) is 18.8. The monoisotopic (exact) mass is 354 g/mol. The van der Waals surface area contributed by atoms with Crippen LogP contribution >= 0.6 is 0 Å². The molecule has 0 amide bonds. The highest BCUT2D eigenvalue weighted by atomic mass is 16.5.